The van der Waals surface area contributed by atoms with Crippen molar-refractivity contribution in [3.8, 4) is 11.5 Å². The van der Waals surface area contributed by atoms with Gasteiger partial charge in [-0.3, -0.25) is 4.79 Å². The maximum absolute atomic E-state index is 13.4. The molecule has 0 spiro atoms. The number of sulfonamides is 1. The minimum absolute atomic E-state index is 0.0231. The van der Waals surface area contributed by atoms with Crippen LogP contribution in [0.25, 0.3) is 0 Å². The Hall–Kier alpha value is -2.36. The van der Waals surface area contributed by atoms with Crippen molar-refractivity contribution in [1.29, 1.82) is 0 Å². The van der Waals surface area contributed by atoms with Gasteiger partial charge in [-0.2, -0.15) is 0 Å². The van der Waals surface area contributed by atoms with Crippen molar-refractivity contribution in [1.82, 2.24) is 10.0 Å². The molecule has 2 N–H and O–H groups in total. The summed E-state index contributed by atoms with van der Waals surface area (Å²) in [5.41, 5.74) is -0.909. The van der Waals surface area contributed by atoms with Gasteiger partial charge in [-0.15, -0.1) is 0 Å². The summed E-state index contributed by atoms with van der Waals surface area (Å²) >= 11 is 5.61. The van der Waals surface area contributed by atoms with Gasteiger partial charge in [-0.1, -0.05) is 29.8 Å². The van der Waals surface area contributed by atoms with Gasteiger partial charge in [0.25, 0.3) is 5.91 Å². The molecule has 0 radical (unpaired) electrons. The lowest BCUT2D eigenvalue weighted by atomic mass is 9.44. The van der Waals surface area contributed by atoms with E-state index in [0.717, 1.165) is 6.07 Å². The zero-order valence-corrected chi connectivity index (χ0v) is 18.1. The Morgan fingerprint density at radius 1 is 1.03 bits per heavy atom. The van der Waals surface area contributed by atoms with Crippen LogP contribution in [0.15, 0.2) is 48.5 Å². The van der Waals surface area contributed by atoms with Crippen molar-refractivity contribution in [2.75, 3.05) is 19.0 Å². The molecule has 3 fully saturated rings. The first kappa shape index (κ1) is 21.9. The first-order chi connectivity index (χ1) is 14.7. The maximum Gasteiger partial charge on any atom is 0.258 e. The summed E-state index contributed by atoms with van der Waals surface area (Å²) in [6.45, 7) is -0.210. The third-order valence-electron chi connectivity index (χ3n) is 5.43. The van der Waals surface area contributed by atoms with Gasteiger partial charge in [0.05, 0.1) is 10.8 Å². The highest BCUT2D eigenvalue weighted by molar-refractivity contribution is 7.89. The normalized spacial score (nSPS) is 23.9. The molecule has 0 saturated heterocycles. The fourth-order valence-electron chi connectivity index (χ4n) is 4.24. The lowest BCUT2D eigenvalue weighted by Crippen LogP contribution is -2.84. The summed E-state index contributed by atoms with van der Waals surface area (Å²) in [6.07, 6.45) is 1.58. The molecule has 5 rings (SSSR count). The monoisotopic (exact) mass is 468 g/mol. The Balaban J connectivity index is 1.18. The van der Waals surface area contributed by atoms with Gasteiger partial charge in [-0.25, -0.2) is 17.5 Å². The second kappa shape index (κ2) is 8.29. The highest BCUT2D eigenvalue weighted by Crippen LogP contribution is 2.60. The summed E-state index contributed by atoms with van der Waals surface area (Å²) in [5, 5.41) is 2.86. The molecule has 3 saturated carbocycles. The second-order valence-electron chi connectivity index (χ2n) is 8.09. The molecule has 1 amide bonds. The standard InChI is InChI=1S/C21H22ClFN2O5S/c22-17-7-6-16(10-18(17)23)30-11-19(26)24-20-12-21(13-20,14-20)25-31(27,28)9-8-29-15-4-2-1-3-5-15/h1-7,10,25H,8-9,11-14H2,(H,24,26). The van der Waals surface area contributed by atoms with Crippen molar-refractivity contribution >= 4 is 27.5 Å². The van der Waals surface area contributed by atoms with Crippen LogP contribution >= 0.6 is 11.6 Å². The zero-order valence-electron chi connectivity index (χ0n) is 16.6. The van der Waals surface area contributed by atoms with E-state index in [1.165, 1.54) is 12.1 Å². The van der Waals surface area contributed by atoms with Gasteiger partial charge >= 0.3 is 0 Å². The molecule has 2 aromatic rings. The topological polar surface area (TPSA) is 93.7 Å². The number of carbonyl (C=O) groups excluding carboxylic acids is 1. The maximum atomic E-state index is 13.4. The van der Waals surface area contributed by atoms with E-state index >= 15 is 0 Å². The highest BCUT2D eigenvalue weighted by Gasteiger charge is 2.69. The van der Waals surface area contributed by atoms with Crippen LogP contribution in [0.4, 0.5) is 4.39 Å². The largest absolute Gasteiger partial charge is 0.492 e. The van der Waals surface area contributed by atoms with E-state index in [0.29, 0.717) is 25.0 Å². The third kappa shape index (κ3) is 5.11. The Labute approximate surface area is 184 Å². The Morgan fingerprint density at radius 2 is 1.74 bits per heavy atom. The van der Waals surface area contributed by atoms with Crippen molar-refractivity contribution in [3.05, 3.63) is 59.4 Å². The lowest BCUT2D eigenvalue weighted by Gasteiger charge is -2.70. The van der Waals surface area contributed by atoms with E-state index < -0.39 is 26.9 Å². The average molecular weight is 469 g/mol. The summed E-state index contributed by atoms with van der Waals surface area (Å²) in [5.74, 6) is -0.288. The average Bonchev–Trinajstić information content (AvgIpc) is 2.67. The molecule has 10 heteroatoms. The van der Waals surface area contributed by atoms with Gasteiger partial charge < -0.3 is 14.8 Å². The van der Waals surface area contributed by atoms with Crippen LogP contribution in [0.2, 0.25) is 5.02 Å². The smallest absolute Gasteiger partial charge is 0.258 e. The van der Waals surface area contributed by atoms with Crippen molar-refractivity contribution in [2.45, 2.75) is 30.3 Å². The van der Waals surface area contributed by atoms with Crippen LogP contribution in [0.5, 0.6) is 11.5 Å². The first-order valence-electron chi connectivity index (χ1n) is 9.77. The molecule has 31 heavy (non-hydrogen) atoms. The van der Waals surface area contributed by atoms with E-state index in [1.807, 2.05) is 18.2 Å². The highest BCUT2D eigenvalue weighted by atomic mass is 35.5. The van der Waals surface area contributed by atoms with Crippen molar-refractivity contribution in [3.63, 3.8) is 0 Å². The second-order valence-corrected chi connectivity index (χ2v) is 10.3. The SMILES string of the molecule is O=C(COc1ccc(Cl)c(F)c1)NC12CC(NS(=O)(=O)CCOc3ccccc3)(C1)C2. The summed E-state index contributed by atoms with van der Waals surface area (Å²) < 4.78 is 51.6. The molecule has 0 atom stereocenters. The van der Waals surface area contributed by atoms with E-state index in [2.05, 4.69) is 10.0 Å². The zero-order chi connectivity index (χ0) is 22.1. The molecule has 7 nitrogen and oxygen atoms in total. The molecule has 3 aliphatic rings. The van der Waals surface area contributed by atoms with Gasteiger partial charge in [-0.05, 0) is 43.5 Å². The minimum atomic E-state index is -3.50. The molecular formula is C21H22ClFN2O5S. The summed E-state index contributed by atoms with van der Waals surface area (Å²) in [4.78, 5) is 12.2. The number of benzene rings is 2. The van der Waals surface area contributed by atoms with Gasteiger partial charge in [0, 0.05) is 17.1 Å². The number of halogens is 2. The number of ether oxygens (including phenoxy) is 2. The molecule has 0 aromatic heterocycles. The predicted molar refractivity (Wildman–Crippen MR) is 113 cm³/mol. The van der Waals surface area contributed by atoms with Crippen molar-refractivity contribution < 1.29 is 27.1 Å². The van der Waals surface area contributed by atoms with Gasteiger partial charge in [0.2, 0.25) is 10.0 Å². The summed E-state index contributed by atoms with van der Waals surface area (Å²) in [7, 11) is -3.50. The first-order valence-corrected chi connectivity index (χ1v) is 11.8. The summed E-state index contributed by atoms with van der Waals surface area (Å²) in [6, 6.07) is 13.0. The predicted octanol–water partition coefficient (Wildman–Crippen LogP) is 2.65. The number of hydrogen-bond donors (Lipinski definition) is 2. The number of rotatable bonds is 10. The fraction of sp³-hybridized carbons (Fsp3) is 0.381. The Morgan fingerprint density at radius 3 is 2.42 bits per heavy atom. The van der Waals surface area contributed by atoms with Crippen molar-refractivity contribution in [2.24, 2.45) is 0 Å². The number of carbonyl (C=O) groups is 1. The van der Waals surface area contributed by atoms with E-state index in [1.54, 1.807) is 12.1 Å². The lowest BCUT2D eigenvalue weighted by molar-refractivity contribution is -0.139. The molecule has 2 aromatic carbocycles. The van der Waals surface area contributed by atoms with Crippen LogP contribution in [0, 0.1) is 5.82 Å². The van der Waals surface area contributed by atoms with E-state index in [-0.39, 0.29) is 35.6 Å². The number of hydrogen-bond acceptors (Lipinski definition) is 5. The molecule has 2 bridgehead atoms. The van der Waals surface area contributed by atoms with Crippen LogP contribution in [-0.4, -0.2) is 44.4 Å². The molecule has 0 unspecified atom stereocenters. The molecular weight excluding hydrogens is 447 g/mol. The molecule has 0 aliphatic heterocycles. The molecule has 166 valence electrons. The fourth-order valence-corrected chi connectivity index (χ4v) is 5.64. The van der Waals surface area contributed by atoms with Crippen LogP contribution in [0.1, 0.15) is 19.3 Å². The van der Waals surface area contributed by atoms with E-state index in [9.17, 15) is 17.6 Å². The van der Waals surface area contributed by atoms with E-state index in [4.69, 9.17) is 21.1 Å². The minimum Gasteiger partial charge on any atom is -0.492 e. The number of para-hydroxylation sites is 1. The third-order valence-corrected chi connectivity index (χ3v) is 7.19. The van der Waals surface area contributed by atoms with Gasteiger partial charge in [0.1, 0.15) is 23.9 Å². The Bertz CT molecular complexity index is 1060. The number of nitrogens with one attached hydrogen (secondary N) is 2. The molecule has 3 aliphatic carbocycles. The van der Waals surface area contributed by atoms with Crippen LogP contribution < -0.4 is 19.5 Å². The van der Waals surface area contributed by atoms with Crippen LogP contribution in [0.3, 0.4) is 0 Å². The quantitative estimate of drug-likeness (QED) is 0.559. The molecule has 0 heterocycles. The van der Waals surface area contributed by atoms with Gasteiger partial charge in [0.15, 0.2) is 6.61 Å². The Kier molecular flexibility index (Phi) is 5.85. The number of amides is 1. The van der Waals surface area contributed by atoms with Crippen LogP contribution in [-0.2, 0) is 14.8 Å².